The molecule has 11 heavy (non-hydrogen) atoms. The van der Waals surface area contributed by atoms with E-state index in [1.54, 1.807) is 6.92 Å². The molecule has 62 valence electrons. The maximum Gasteiger partial charge on any atom is 0.412 e. The summed E-state index contributed by atoms with van der Waals surface area (Å²) < 4.78 is 4.04. The molecule has 0 saturated heterocycles. The molecule has 0 heterocycles. The Hall–Kier alpha value is -1.39. The minimum absolute atomic E-state index is 0.426. The Balaban J connectivity index is 3.99. The predicted molar refractivity (Wildman–Crippen MR) is 38.2 cm³/mol. The molecule has 0 saturated carbocycles. The molecule has 0 aliphatic carbocycles. The Morgan fingerprint density at radius 3 is 2.55 bits per heavy atom. The number of hydrogen-bond donors (Lipinski definition) is 2. The Morgan fingerprint density at radius 2 is 2.27 bits per heavy atom. The molecule has 0 fully saturated rings. The second-order valence-corrected chi connectivity index (χ2v) is 1.92. The monoisotopic (exact) mass is 158 g/mol. The van der Waals surface area contributed by atoms with E-state index >= 15 is 0 Å². The van der Waals surface area contributed by atoms with Crippen LogP contribution in [0.3, 0.4) is 0 Å². The topological polar surface area (TPSA) is 93.2 Å². The molecule has 0 aliphatic rings. The molecule has 0 spiro atoms. The van der Waals surface area contributed by atoms with E-state index in [9.17, 15) is 9.59 Å². The van der Waals surface area contributed by atoms with Gasteiger partial charge in [-0.15, -0.1) is 0 Å². The van der Waals surface area contributed by atoms with Crippen LogP contribution in [-0.4, -0.2) is 18.3 Å². The van der Waals surface area contributed by atoms with Crippen LogP contribution in [0.2, 0.25) is 0 Å². The molecule has 0 bridgehead atoms. The first kappa shape index (κ1) is 9.61. The summed E-state index contributed by atoms with van der Waals surface area (Å²) in [6, 6.07) is 0. The summed E-state index contributed by atoms with van der Waals surface area (Å²) in [6.07, 6.45) is 0.219. The van der Waals surface area contributed by atoms with Crippen molar-refractivity contribution in [2.24, 2.45) is 11.7 Å². The quantitative estimate of drug-likeness (QED) is 0.351. The number of nitrogens with two attached hydrogens (primary N) is 1. The minimum Gasteiger partial charge on any atom is -0.376 e. The van der Waals surface area contributed by atoms with Gasteiger partial charge in [0.25, 0.3) is 0 Å². The van der Waals surface area contributed by atoms with Crippen molar-refractivity contribution in [3.63, 3.8) is 0 Å². The van der Waals surface area contributed by atoms with Gasteiger partial charge in [-0.25, -0.2) is 4.79 Å². The van der Waals surface area contributed by atoms with E-state index in [0.29, 0.717) is 6.42 Å². The Bertz CT molecular complexity index is 179. The van der Waals surface area contributed by atoms with Gasteiger partial charge in [0.2, 0.25) is 0 Å². The summed E-state index contributed by atoms with van der Waals surface area (Å²) in [6.45, 7) is 1.71. The van der Waals surface area contributed by atoms with Crippen molar-refractivity contribution in [3.8, 4) is 0 Å². The van der Waals surface area contributed by atoms with Gasteiger partial charge in [0.05, 0.1) is 5.92 Å². The highest BCUT2D eigenvalue weighted by molar-refractivity contribution is 5.94. The predicted octanol–water partition coefficient (Wildman–Crippen LogP) is 0.284. The molecule has 0 aliphatic heterocycles. The highest BCUT2D eigenvalue weighted by Crippen LogP contribution is 2.00. The molecule has 0 rings (SSSR count). The first-order valence-corrected chi connectivity index (χ1v) is 3.13. The fraction of sp³-hybridized carbons (Fsp3) is 0.500. The normalized spacial score (nSPS) is 11.7. The molecule has 3 N–H and O–H groups in total. The number of ether oxygens (including phenoxy) is 1. The summed E-state index contributed by atoms with van der Waals surface area (Å²) in [5.74, 6) is -1.43. The third kappa shape index (κ3) is 3.34. The lowest BCUT2D eigenvalue weighted by Crippen LogP contribution is -2.24. The fourth-order valence-corrected chi connectivity index (χ4v) is 0.527. The van der Waals surface area contributed by atoms with Crippen LogP contribution in [0.4, 0.5) is 4.79 Å². The average molecular weight is 158 g/mol. The molecular weight excluding hydrogens is 148 g/mol. The largest absolute Gasteiger partial charge is 0.412 e. The van der Waals surface area contributed by atoms with Crippen LogP contribution in [0.15, 0.2) is 0 Å². The van der Waals surface area contributed by atoms with Gasteiger partial charge in [-0.2, -0.15) is 0 Å². The number of esters is 1. The second kappa shape index (κ2) is 4.43. The van der Waals surface area contributed by atoms with Crippen molar-refractivity contribution in [1.82, 2.24) is 0 Å². The number of amides is 1. The van der Waals surface area contributed by atoms with E-state index in [2.05, 4.69) is 10.5 Å². The lowest BCUT2D eigenvalue weighted by atomic mass is 10.1. The number of primary amides is 1. The van der Waals surface area contributed by atoms with Crippen LogP contribution >= 0.6 is 0 Å². The molecule has 1 amide bonds. The van der Waals surface area contributed by atoms with E-state index in [-0.39, 0.29) is 0 Å². The molecule has 5 heteroatoms. The van der Waals surface area contributed by atoms with Gasteiger partial charge in [-0.05, 0) is 6.42 Å². The van der Waals surface area contributed by atoms with Gasteiger partial charge in [0.15, 0.2) is 0 Å². The Kier molecular flexibility index (Phi) is 3.87. The summed E-state index contributed by atoms with van der Waals surface area (Å²) in [5, 5.41) is 6.76. The first-order valence-electron chi connectivity index (χ1n) is 3.13. The Morgan fingerprint density at radius 1 is 1.73 bits per heavy atom. The van der Waals surface area contributed by atoms with E-state index in [0.717, 1.165) is 6.21 Å². The van der Waals surface area contributed by atoms with E-state index in [4.69, 9.17) is 5.41 Å². The number of carbonyl (C=O) groups is 2. The van der Waals surface area contributed by atoms with Crippen LogP contribution in [0.1, 0.15) is 13.3 Å². The zero-order valence-electron chi connectivity index (χ0n) is 6.16. The van der Waals surface area contributed by atoms with Crippen LogP contribution in [0.5, 0.6) is 0 Å². The van der Waals surface area contributed by atoms with E-state index < -0.39 is 18.0 Å². The van der Waals surface area contributed by atoms with Gasteiger partial charge < -0.3 is 15.9 Å². The molecule has 0 aromatic rings. The smallest absolute Gasteiger partial charge is 0.376 e. The standard InChI is InChI=1S/C6H10N2O3/c1-2-4(3-7)5(9)11-6(8)10/h3-4,7H,2H2,1H3,(H2,8,10)/t4-/m0/s1. The van der Waals surface area contributed by atoms with Crippen LogP contribution < -0.4 is 5.73 Å². The Labute approximate surface area is 64.0 Å². The molecule has 1 atom stereocenters. The van der Waals surface area contributed by atoms with Crippen molar-refractivity contribution >= 4 is 18.3 Å². The number of rotatable bonds is 3. The zero-order chi connectivity index (χ0) is 8.85. The zero-order valence-corrected chi connectivity index (χ0v) is 6.16. The van der Waals surface area contributed by atoms with Crippen molar-refractivity contribution < 1.29 is 14.3 Å². The number of hydrogen-bond acceptors (Lipinski definition) is 4. The fourth-order valence-electron chi connectivity index (χ4n) is 0.527. The summed E-state index contributed by atoms with van der Waals surface area (Å²) >= 11 is 0. The lowest BCUT2D eigenvalue weighted by molar-refractivity contribution is -0.139. The van der Waals surface area contributed by atoms with Crippen LogP contribution in [0.25, 0.3) is 0 Å². The third-order valence-corrected chi connectivity index (χ3v) is 1.14. The van der Waals surface area contributed by atoms with Gasteiger partial charge >= 0.3 is 12.1 Å². The molecule has 0 aromatic carbocycles. The van der Waals surface area contributed by atoms with Crippen LogP contribution in [0, 0.1) is 11.3 Å². The van der Waals surface area contributed by atoms with E-state index in [1.165, 1.54) is 0 Å². The summed E-state index contributed by atoms with van der Waals surface area (Å²) in [4.78, 5) is 20.8. The van der Waals surface area contributed by atoms with Gasteiger partial charge in [0.1, 0.15) is 0 Å². The average Bonchev–Trinajstić information content (AvgIpc) is 1.88. The van der Waals surface area contributed by atoms with E-state index in [1.807, 2.05) is 0 Å². The van der Waals surface area contributed by atoms with Gasteiger partial charge in [-0.3, -0.25) is 4.79 Å². The summed E-state index contributed by atoms with van der Waals surface area (Å²) in [7, 11) is 0. The van der Waals surface area contributed by atoms with Crippen molar-refractivity contribution in [3.05, 3.63) is 0 Å². The SMILES string of the molecule is CC[C@@H](C=N)C(=O)OC(N)=O. The number of nitrogens with one attached hydrogen (secondary N) is 1. The second-order valence-electron chi connectivity index (χ2n) is 1.92. The molecule has 0 radical (unpaired) electrons. The van der Waals surface area contributed by atoms with Crippen molar-refractivity contribution in [2.45, 2.75) is 13.3 Å². The summed E-state index contributed by atoms with van der Waals surface area (Å²) in [5.41, 5.74) is 4.58. The molecular formula is C6H10N2O3. The van der Waals surface area contributed by atoms with Crippen LogP contribution in [-0.2, 0) is 9.53 Å². The van der Waals surface area contributed by atoms with Gasteiger partial charge in [-0.1, -0.05) is 6.92 Å². The minimum atomic E-state index is -1.13. The lowest BCUT2D eigenvalue weighted by Gasteiger charge is -2.04. The highest BCUT2D eigenvalue weighted by Gasteiger charge is 2.16. The van der Waals surface area contributed by atoms with Gasteiger partial charge in [0, 0.05) is 6.21 Å². The first-order chi connectivity index (χ1) is 5.11. The maximum atomic E-state index is 10.7. The molecule has 5 nitrogen and oxygen atoms in total. The van der Waals surface area contributed by atoms with Crippen molar-refractivity contribution in [1.29, 1.82) is 5.41 Å². The highest BCUT2D eigenvalue weighted by atomic mass is 16.6. The number of carbonyl (C=O) groups excluding carboxylic acids is 2. The third-order valence-electron chi connectivity index (χ3n) is 1.14. The molecule has 0 unspecified atom stereocenters. The molecule has 0 aromatic heterocycles. The van der Waals surface area contributed by atoms with Crippen molar-refractivity contribution in [2.75, 3.05) is 0 Å². The maximum absolute atomic E-state index is 10.7.